The molecule has 0 radical (unpaired) electrons. The highest BCUT2D eigenvalue weighted by Gasteiger charge is 2.32. The van der Waals surface area contributed by atoms with E-state index in [1.807, 2.05) is 0 Å². The summed E-state index contributed by atoms with van der Waals surface area (Å²) < 4.78 is 5.35. The molecule has 0 saturated carbocycles. The first-order chi connectivity index (χ1) is 6.75. The van der Waals surface area contributed by atoms with Crippen LogP contribution in [0.1, 0.15) is 13.8 Å². The maximum absolute atomic E-state index is 5.35. The minimum Gasteiger partial charge on any atom is -0.379 e. The Labute approximate surface area is 87.0 Å². The first-order valence-electron chi connectivity index (χ1n) is 5.80. The minimum absolute atomic E-state index is 0.806. The first-order valence-corrected chi connectivity index (χ1v) is 5.80. The van der Waals surface area contributed by atoms with E-state index in [2.05, 4.69) is 23.6 Å². The molecule has 0 atom stereocenters. The number of hydrogen-bond donors (Lipinski definition) is 0. The summed E-state index contributed by atoms with van der Waals surface area (Å²) in [5.41, 5.74) is 0. The van der Waals surface area contributed by atoms with Gasteiger partial charge in [0.25, 0.3) is 0 Å². The van der Waals surface area contributed by atoms with Crippen LogP contribution < -0.4 is 0 Å². The van der Waals surface area contributed by atoms with Gasteiger partial charge in [-0.15, -0.1) is 0 Å². The molecule has 0 aliphatic carbocycles. The van der Waals surface area contributed by atoms with Crippen LogP contribution in [0.15, 0.2) is 0 Å². The van der Waals surface area contributed by atoms with Crippen LogP contribution in [0.5, 0.6) is 0 Å². The van der Waals surface area contributed by atoms with Crippen molar-refractivity contribution in [2.75, 3.05) is 45.9 Å². The van der Waals surface area contributed by atoms with Gasteiger partial charge < -0.3 is 4.74 Å². The maximum atomic E-state index is 5.35. The van der Waals surface area contributed by atoms with Crippen LogP contribution in [0.2, 0.25) is 0 Å². The molecule has 82 valence electrons. The Morgan fingerprint density at radius 2 is 1.86 bits per heavy atom. The topological polar surface area (TPSA) is 15.7 Å². The first kappa shape index (κ1) is 10.4. The van der Waals surface area contributed by atoms with Gasteiger partial charge >= 0.3 is 0 Å². The van der Waals surface area contributed by atoms with E-state index in [4.69, 9.17) is 4.74 Å². The maximum Gasteiger partial charge on any atom is 0.0594 e. The largest absolute Gasteiger partial charge is 0.379 e. The van der Waals surface area contributed by atoms with Crippen LogP contribution in [0.3, 0.4) is 0 Å². The Kier molecular flexibility index (Phi) is 3.42. The van der Waals surface area contributed by atoms with Crippen molar-refractivity contribution in [3.05, 3.63) is 0 Å². The predicted octanol–water partition coefficient (Wildman–Crippen LogP) is 0.659. The van der Waals surface area contributed by atoms with Crippen molar-refractivity contribution in [2.24, 2.45) is 5.92 Å². The Hall–Kier alpha value is -0.120. The second-order valence-corrected chi connectivity index (χ2v) is 4.91. The molecule has 2 aliphatic rings. The van der Waals surface area contributed by atoms with Crippen LogP contribution in [-0.4, -0.2) is 61.8 Å². The Bertz CT molecular complexity index is 172. The summed E-state index contributed by atoms with van der Waals surface area (Å²) in [6.07, 6.45) is 0. The van der Waals surface area contributed by atoms with Crippen molar-refractivity contribution in [3.8, 4) is 0 Å². The summed E-state index contributed by atoms with van der Waals surface area (Å²) in [6.45, 7) is 12.5. The molecule has 3 nitrogen and oxygen atoms in total. The van der Waals surface area contributed by atoms with E-state index in [1.54, 1.807) is 0 Å². The molecule has 2 saturated heterocycles. The average Bonchev–Trinajstić information content (AvgIpc) is 2.12. The second kappa shape index (κ2) is 4.60. The fraction of sp³-hybridized carbons (Fsp3) is 1.00. The van der Waals surface area contributed by atoms with E-state index in [9.17, 15) is 0 Å². The molecule has 0 N–H and O–H groups in total. The summed E-state index contributed by atoms with van der Waals surface area (Å²) in [5.74, 6) is 0.806. The summed E-state index contributed by atoms with van der Waals surface area (Å²) in [5, 5.41) is 0. The lowest BCUT2D eigenvalue weighted by atomic mass is 10.0. The third kappa shape index (κ3) is 2.47. The molecule has 0 aromatic heterocycles. The molecule has 2 heterocycles. The van der Waals surface area contributed by atoms with E-state index in [1.165, 1.54) is 19.6 Å². The lowest BCUT2D eigenvalue weighted by Gasteiger charge is -2.47. The highest BCUT2D eigenvalue weighted by atomic mass is 16.5. The van der Waals surface area contributed by atoms with Crippen molar-refractivity contribution in [1.29, 1.82) is 0 Å². The number of hydrogen-bond acceptors (Lipinski definition) is 3. The van der Waals surface area contributed by atoms with E-state index in [-0.39, 0.29) is 0 Å². The molecule has 2 aliphatic heterocycles. The van der Waals surface area contributed by atoms with E-state index < -0.39 is 0 Å². The van der Waals surface area contributed by atoms with Crippen molar-refractivity contribution in [3.63, 3.8) is 0 Å². The van der Waals surface area contributed by atoms with Gasteiger partial charge in [-0.05, 0) is 5.92 Å². The Morgan fingerprint density at radius 1 is 1.21 bits per heavy atom. The zero-order chi connectivity index (χ0) is 9.97. The van der Waals surface area contributed by atoms with Crippen LogP contribution in [-0.2, 0) is 4.74 Å². The van der Waals surface area contributed by atoms with Crippen molar-refractivity contribution in [1.82, 2.24) is 9.80 Å². The van der Waals surface area contributed by atoms with Gasteiger partial charge in [0.2, 0.25) is 0 Å². The lowest BCUT2D eigenvalue weighted by Crippen LogP contribution is -2.61. The predicted molar refractivity (Wildman–Crippen MR) is 57.5 cm³/mol. The molecule has 0 unspecified atom stereocenters. The average molecular weight is 198 g/mol. The van der Waals surface area contributed by atoms with Crippen molar-refractivity contribution < 1.29 is 4.74 Å². The van der Waals surface area contributed by atoms with Crippen LogP contribution in [0.25, 0.3) is 0 Å². The van der Waals surface area contributed by atoms with Gasteiger partial charge in [0.15, 0.2) is 0 Å². The van der Waals surface area contributed by atoms with Crippen LogP contribution >= 0.6 is 0 Å². The van der Waals surface area contributed by atoms with E-state index in [0.717, 1.165) is 38.3 Å². The van der Waals surface area contributed by atoms with Crippen molar-refractivity contribution >= 4 is 0 Å². The molecule has 0 bridgehead atoms. The molecular weight excluding hydrogens is 176 g/mol. The third-order valence-corrected chi connectivity index (χ3v) is 3.12. The fourth-order valence-corrected chi connectivity index (χ4v) is 2.38. The molecule has 0 amide bonds. The summed E-state index contributed by atoms with van der Waals surface area (Å²) in [4.78, 5) is 5.14. The lowest BCUT2D eigenvalue weighted by molar-refractivity contribution is -0.0346. The van der Waals surface area contributed by atoms with Gasteiger partial charge in [-0.3, -0.25) is 9.80 Å². The van der Waals surface area contributed by atoms with E-state index >= 15 is 0 Å². The summed E-state index contributed by atoms with van der Waals surface area (Å²) in [6, 6.07) is 0.817. The molecule has 0 aromatic carbocycles. The molecule has 2 fully saturated rings. The van der Waals surface area contributed by atoms with Gasteiger partial charge in [-0.1, -0.05) is 13.8 Å². The zero-order valence-corrected chi connectivity index (χ0v) is 9.41. The molecule has 14 heavy (non-hydrogen) atoms. The SMILES string of the molecule is CC(C)CN1CC(N2CCOCC2)C1. The number of likely N-dealkylation sites (tertiary alicyclic amines) is 1. The number of nitrogens with zero attached hydrogens (tertiary/aromatic N) is 2. The summed E-state index contributed by atoms with van der Waals surface area (Å²) in [7, 11) is 0. The van der Waals surface area contributed by atoms with Gasteiger partial charge in [-0.2, -0.15) is 0 Å². The highest BCUT2D eigenvalue weighted by Crippen LogP contribution is 2.17. The minimum atomic E-state index is 0.806. The molecule has 0 spiro atoms. The van der Waals surface area contributed by atoms with Crippen molar-refractivity contribution in [2.45, 2.75) is 19.9 Å². The third-order valence-electron chi connectivity index (χ3n) is 3.12. The molecule has 2 rings (SSSR count). The quantitative estimate of drug-likeness (QED) is 0.662. The molecule has 0 aromatic rings. The second-order valence-electron chi connectivity index (χ2n) is 4.91. The Balaban J connectivity index is 1.66. The number of ether oxygens (including phenoxy) is 1. The van der Waals surface area contributed by atoms with Gasteiger partial charge in [-0.25, -0.2) is 0 Å². The summed E-state index contributed by atoms with van der Waals surface area (Å²) >= 11 is 0. The number of morpholine rings is 1. The van der Waals surface area contributed by atoms with Crippen LogP contribution in [0, 0.1) is 5.92 Å². The fourth-order valence-electron chi connectivity index (χ4n) is 2.38. The van der Waals surface area contributed by atoms with Gasteiger partial charge in [0.1, 0.15) is 0 Å². The standard InChI is InChI=1S/C11H22N2O/c1-10(2)7-12-8-11(9-12)13-3-5-14-6-4-13/h10-11H,3-9H2,1-2H3. The zero-order valence-electron chi connectivity index (χ0n) is 9.41. The smallest absolute Gasteiger partial charge is 0.0594 e. The molecule has 3 heteroatoms. The van der Waals surface area contributed by atoms with Gasteiger partial charge in [0, 0.05) is 38.8 Å². The monoisotopic (exact) mass is 198 g/mol. The molecular formula is C11H22N2O. The Morgan fingerprint density at radius 3 is 2.43 bits per heavy atom. The van der Waals surface area contributed by atoms with Crippen LogP contribution in [0.4, 0.5) is 0 Å². The highest BCUT2D eigenvalue weighted by molar-refractivity contribution is 4.88. The number of rotatable bonds is 3. The van der Waals surface area contributed by atoms with Gasteiger partial charge in [0.05, 0.1) is 13.2 Å². The van der Waals surface area contributed by atoms with E-state index in [0.29, 0.717) is 0 Å². The normalized spacial score (nSPS) is 26.8.